The summed E-state index contributed by atoms with van der Waals surface area (Å²) in [4.78, 5) is 13.8. The quantitative estimate of drug-likeness (QED) is 0.876. The zero-order valence-corrected chi connectivity index (χ0v) is 11.2. The van der Waals surface area contributed by atoms with Crippen molar-refractivity contribution in [3.63, 3.8) is 0 Å². The van der Waals surface area contributed by atoms with Gasteiger partial charge in [-0.1, -0.05) is 6.07 Å². The summed E-state index contributed by atoms with van der Waals surface area (Å²) >= 11 is 0. The molecule has 19 heavy (non-hydrogen) atoms. The average Bonchev–Trinajstić information content (AvgIpc) is 2.94. The lowest BCUT2D eigenvalue weighted by Crippen LogP contribution is -2.34. The zero-order chi connectivity index (χ0) is 13.4. The zero-order valence-electron chi connectivity index (χ0n) is 11.2. The lowest BCUT2D eigenvalue weighted by Gasteiger charge is -2.23. The summed E-state index contributed by atoms with van der Waals surface area (Å²) in [6.45, 7) is 4.33. The summed E-state index contributed by atoms with van der Waals surface area (Å²) in [7, 11) is 0. The van der Waals surface area contributed by atoms with Crippen LogP contribution in [0.25, 0.3) is 0 Å². The van der Waals surface area contributed by atoms with E-state index in [9.17, 15) is 9.90 Å². The number of nitrogens with zero attached hydrogens (tertiary/aromatic N) is 1. The SMILES string of the molecule is Cc1ccc(C(=O)O)c(NC2CCN3CCCC23)c1. The molecule has 0 spiro atoms. The summed E-state index contributed by atoms with van der Waals surface area (Å²) < 4.78 is 0. The fourth-order valence-electron chi connectivity index (χ4n) is 3.41. The third kappa shape index (κ3) is 2.32. The van der Waals surface area contributed by atoms with Crippen molar-refractivity contribution in [2.45, 2.75) is 38.3 Å². The van der Waals surface area contributed by atoms with Crippen LogP contribution in [0.5, 0.6) is 0 Å². The number of hydrogen-bond donors (Lipinski definition) is 2. The van der Waals surface area contributed by atoms with Crippen molar-refractivity contribution in [1.82, 2.24) is 4.90 Å². The van der Waals surface area contributed by atoms with E-state index in [-0.39, 0.29) is 0 Å². The van der Waals surface area contributed by atoms with Gasteiger partial charge in [0.1, 0.15) is 0 Å². The van der Waals surface area contributed by atoms with Gasteiger partial charge in [-0.2, -0.15) is 0 Å². The molecule has 0 aromatic heterocycles. The number of anilines is 1. The van der Waals surface area contributed by atoms with Gasteiger partial charge < -0.3 is 10.4 Å². The predicted molar refractivity (Wildman–Crippen MR) is 74.8 cm³/mol. The number of aromatic carboxylic acids is 1. The fourth-order valence-corrected chi connectivity index (χ4v) is 3.41. The van der Waals surface area contributed by atoms with Crippen LogP contribution in [-0.4, -0.2) is 41.1 Å². The van der Waals surface area contributed by atoms with Gasteiger partial charge in [-0.15, -0.1) is 0 Å². The molecule has 0 aliphatic carbocycles. The van der Waals surface area contributed by atoms with Gasteiger partial charge in [-0.25, -0.2) is 4.79 Å². The topological polar surface area (TPSA) is 52.6 Å². The maximum Gasteiger partial charge on any atom is 0.337 e. The van der Waals surface area contributed by atoms with Crippen molar-refractivity contribution in [2.24, 2.45) is 0 Å². The van der Waals surface area contributed by atoms with E-state index in [0.717, 1.165) is 24.2 Å². The average molecular weight is 260 g/mol. The first-order valence-corrected chi connectivity index (χ1v) is 6.99. The van der Waals surface area contributed by atoms with Crippen LogP contribution in [0.4, 0.5) is 5.69 Å². The standard InChI is InChI=1S/C15H20N2O2/c1-10-4-5-11(15(18)19)13(9-10)16-12-6-8-17-7-2-3-14(12)17/h4-5,9,12,14,16H,2-3,6-8H2,1H3,(H,18,19). The van der Waals surface area contributed by atoms with Crippen LogP contribution in [0, 0.1) is 6.92 Å². The minimum Gasteiger partial charge on any atom is -0.478 e. The Bertz CT molecular complexity index is 501. The van der Waals surface area contributed by atoms with E-state index in [4.69, 9.17) is 0 Å². The molecule has 2 heterocycles. The van der Waals surface area contributed by atoms with Crippen LogP contribution in [0.2, 0.25) is 0 Å². The Morgan fingerprint density at radius 1 is 1.37 bits per heavy atom. The smallest absolute Gasteiger partial charge is 0.337 e. The van der Waals surface area contributed by atoms with E-state index >= 15 is 0 Å². The van der Waals surface area contributed by atoms with Crippen molar-refractivity contribution >= 4 is 11.7 Å². The second-order valence-electron chi connectivity index (χ2n) is 5.64. The highest BCUT2D eigenvalue weighted by Gasteiger charge is 2.37. The number of benzene rings is 1. The summed E-state index contributed by atoms with van der Waals surface area (Å²) in [6, 6.07) is 6.47. The van der Waals surface area contributed by atoms with E-state index in [1.165, 1.54) is 19.4 Å². The third-order valence-corrected chi connectivity index (χ3v) is 4.35. The Hall–Kier alpha value is -1.55. The number of carboxylic acid groups (broad SMARTS) is 1. The van der Waals surface area contributed by atoms with Crippen LogP contribution in [0.3, 0.4) is 0 Å². The number of fused-ring (bicyclic) bond motifs is 1. The molecule has 2 aliphatic heterocycles. The minimum absolute atomic E-state index is 0.377. The van der Waals surface area contributed by atoms with Gasteiger partial charge in [0.2, 0.25) is 0 Å². The Morgan fingerprint density at radius 2 is 2.21 bits per heavy atom. The molecule has 2 saturated heterocycles. The van der Waals surface area contributed by atoms with E-state index in [1.807, 2.05) is 19.1 Å². The summed E-state index contributed by atoms with van der Waals surface area (Å²) in [5.74, 6) is -0.858. The molecule has 0 bridgehead atoms. The molecule has 2 aliphatic rings. The number of nitrogens with one attached hydrogen (secondary N) is 1. The molecule has 3 rings (SSSR count). The van der Waals surface area contributed by atoms with Crippen molar-refractivity contribution in [3.05, 3.63) is 29.3 Å². The molecule has 2 atom stereocenters. The first-order chi connectivity index (χ1) is 9.15. The largest absolute Gasteiger partial charge is 0.478 e. The Morgan fingerprint density at radius 3 is 3.00 bits per heavy atom. The highest BCUT2D eigenvalue weighted by Crippen LogP contribution is 2.31. The van der Waals surface area contributed by atoms with Gasteiger partial charge in [0.25, 0.3) is 0 Å². The Balaban J connectivity index is 1.83. The molecule has 1 aromatic rings. The molecule has 4 nitrogen and oxygen atoms in total. The second kappa shape index (κ2) is 4.85. The molecule has 2 unspecified atom stereocenters. The van der Waals surface area contributed by atoms with Crippen LogP contribution >= 0.6 is 0 Å². The third-order valence-electron chi connectivity index (χ3n) is 4.35. The number of hydrogen-bond acceptors (Lipinski definition) is 3. The minimum atomic E-state index is -0.858. The molecule has 0 amide bonds. The molecule has 0 saturated carbocycles. The van der Waals surface area contributed by atoms with Gasteiger partial charge in [-0.05, 0) is 50.4 Å². The summed E-state index contributed by atoms with van der Waals surface area (Å²) in [5, 5.41) is 12.7. The van der Waals surface area contributed by atoms with Gasteiger partial charge in [0, 0.05) is 24.3 Å². The van der Waals surface area contributed by atoms with E-state index < -0.39 is 5.97 Å². The summed E-state index contributed by atoms with van der Waals surface area (Å²) in [6.07, 6.45) is 3.60. The number of carbonyl (C=O) groups is 1. The molecular weight excluding hydrogens is 240 g/mol. The maximum atomic E-state index is 11.3. The summed E-state index contributed by atoms with van der Waals surface area (Å²) in [5.41, 5.74) is 2.24. The van der Waals surface area contributed by atoms with Crippen molar-refractivity contribution in [1.29, 1.82) is 0 Å². The lowest BCUT2D eigenvalue weighted by atomic mass is 10.0. The van der Waals surface area contributed by atoms with Crippen LogP contribution in [0.1, 0.15) is 35.2 Å². The monoisotopic (exact) mass is 260 g/mol. The van der Waals surface area contributed by atoms with Gasteiger partial charge in [0.05, 0.1) is 5.56 Å². The normalized spacial score (nSPS) is 26.4. The van der Waals surface area contributed by atoms with E-state index in [0.29, 0.717) is 17.6 Å². The first kappa shape index (κ1) is 12.5. The lowest BCUT2D eigenvalue weighted by molar-refractivity contribution is 0.0698. The Labute approximate surface area is 113 Å². The van der Waals surface area contributed by atoms with Crippen molar-refractivity contribution in [3.8, 4) is 0 Å². The van der Waals surface area contributed by atoms with Crippen molar-refractivity contribution in [2.75, 3.05) is 18.4 Å². The highest BCUT2D eigenvalue weighted by atomic mass is 16.4. The first-order valence-electron chi connectivity index (χ1n) is 6.99. The van der Waals surface area contributed by atoms with E-state index in [2.05, 4.69) is 10.2 Å². The van der Waals surface area contributed by atoms with Gasteiger partial charge in [0.15, 0.2) is 0 Å². The molecule has 4 heteroatoms. The van der Waals surface area contributed by atoms with Gasteiger partial charge in [-0.3, -0.25) is 4.90 Å². The highest BCUT2D eigenvalue weighted by molar-refractivity contribution is 5.94. The number of aryl methyl sites for hydroxylation is 1. The van der Waals surface area contributed by atoms with Crippen molar-refractivity contribution < 1.29 is 9.90 Å². The molecule has 102 valence electrons. The molecule has 1 aromatic carbocycles. The second-order valence-corrected chi connectivity index (χ2v) is 5.64. The maximum absolute atomic E-state index is 11.3. The van der Waals surface area contributed by atoms with Gasteiger partial charge >= 0.3 is 5.97 Å². The number of rotatable bonds is 3. The molecule has 2 fully saturated rings. The van der Waals surface area contributed by atoms with Crippen LogP contribution in [0.15, 0.2) is 18.2 Å². The molecular formula is C15H20N2O2. The van der Waals surface area contributed by atoms with E-state index in [1.54, 1.807) is 6.07 Å². The predicted octanol–water partition coefficient (Wildman–Crippen LogP) is 2.34. The number of carboxylic acids is 1. The van der Waals surface area contributed by atoms with Crippen LogP contribution in [-0.2, 0) is 0 Å². The fraction of sp³-hybridized carbons (Fsp3) is 0.533. The Kier molecular flexibility index (Phi) is 3.19. The molecule has 0 radical (unpaired) electrons. The van der Waals surface area contributed by atoms with Crippen LogP contribution < -0.4 is 5.32 Å². The molecule has 2 N–H and O–H groups in total.